The minimum Gasteiger partial charge on any atom is -0.324 e. The standard InChI is InChI=1S/C15H20N4O2S2/c20-23(21,18-11-13-5-2-1-3-6-13)17-9-7-14-12-22-15-16-8-4-10-19(14)15/h1-3,5-6,12,17-18H,4,7-11H2. The summed E-state index contributed by atoms with van der Waals surface area (Å²) in [7, 11) is -3.48. The van der Waals surface area contributed by atoms with Gasteiger partial charge in [-0.05, 0) is 17.4 Å². The number of hydrogen-bond donors (Lipinski definition) is 2. The van der Waals surface area contributed by atoms with Crippen LogP contribution in [0.3, 0.4) is 0 Å². The number of hydrogen-bond acceptors (Lipinski definition) is 5. The van der Waals surface area contributed by atoms with Crippen LogP contribution in [0.25, 0.3) is 0 Å². The van der Waals surface area contributed by atoms with Gasteiger partial charge in [0.05, 0.1) is 0 Å². The van der Waals surface area contributed by atoms with Crippen LogP contribution < -0.4 is 9.44 Å². The van der Waals surface area contributed by atoms with E-state index in [1.807, 2.05) is 30.3 Å². The Morgan fingerprint density at radius 3 is 2.87 bits per heavy atom. The molecule has 0 radical (unpaired) electrons. The molecular formula is C15H20N4O2S2. The Balaban J connectivity index is 1.44. The Kier molecular flexibility index (Phi) is 5.37. The summed E-state index contributed by atoms with van der Waals surface area (Å²) in [4.78, 5) is 6.64. The number of thioether (sulfide) groups is 1. The van der Waals surface area contributed by atoms with Crippen LogP contribution in [-0.2, 0) is 16.8 Å². The van der Waals surface area contributed by atoms with E-state index in [1.54, 1.807) is 11.8 Å². The quantitative estimate of drug-likeness (QED) is 0.783. The second-order valence-corrected chi connectivity index (χ2v) is 7.77. The van der Waals surface area contributed by atoms with Gasteiger partial charge in [0.25, 0.3) is 10.2 Å². The summed E-state index contributed by atoms with van der Waals surface area (Å²) in [6, 6.07) is 9.46. The van der Waals surface area contributed by atoms with Gasteiger partial charge in [0.2, 0.25) is 0 Å². The molecule has 0 spiro atoms. The first-order valence-corrected chi connectivity index (χ1v) is 9.96. The van der Waals surface area contributed by atoms with Crippen LogP contribution in [0.1, 0.15) is 18.4 Å². The van der Waals surface area contributed by atoms with Gasteiger partial charge in [-0.3, -0.25) is 4.99 Å². The molecule has 0 fully saturated rings. The lowest BCUT2D eigenvalue weighted by atomic mass is 10.2. The number of aliphatic imine (C=N–C) groups is 1. The van der Waals surface area contributed by atoms with E-state index in [1.165, 1.54) is 0 Å². The summed E-state index contributed by atoms with van der Waals surface area (Å²) in [5.74, 6) is 0. The first kappa shape index (κ1) is 16.5. The highest BCUT2D eigenvalue weighted by atomic mass is 32.2. The molecule has 1 aromatic rings. The lowest BCUT2D eigenvalue weighted by Crippen LogP contribution is -2.37. The minimum absolute atomic E-state index is 0.289. The van der Waals surface area contributed by atoms with Crippen molar-refractivity contribution in [1.29, 1.82) is 0 Å². The molecule has 0 aromatic heterocycles. The zero-order valence-electron chi connectivity index (χ0n) is 12.7. The van der Waals surface area contributed by atoms with Crippen molar-refractivity contribution in [2.24, 2.45) is 4.99 Å². The van der Waals surface area contributed by atoms with Gasteiger partial charge >= 0.3 is 0 Å². The number of amidine groups is 1. The summed E-state index contributed by atoms with van der Waals surface area (Å²) >= 11 is 1.62. The third kappa shape index (κ3) is 4.57. The Morgan fingerprint density at radius 2 is 2.04 bits per heavy atom. The van der Waals surface area contributed by atoms with Crippen molar-refractivity contribution in [3.63, 3.8) is 0 Å². The molecule has 1 aromatic carbocycles. The van der Waals surface area contributed by atoms with Crippen molar-refractivity contribution in [2.45, 2.75) is 19.4 Å². The van der Waals surface area contributed by atoms with Crippen molar-refractivity contribution < 1.29 is 8.42 Å². The summed E-state index contributed by atoms with van der Waals surface area (Å²) in [6.07, 6.45) is 1.71. The van der Waals surface area contributed by atoms with Gasteiger partial charge in [0, 0.05) is 38.3 Å². The van der Waals surface area contributed by atoms with Crippen LogP contribution >= 0.6 is 11.8 Å². The maximum absolute atomic E-state index is 12.0. The number of fused-ring (bicyclic) bond motifs is 1. The van der Waals surface area contributed by atoms with Crippen LogP contribution in [-0.4, -0.2) is 38.1 Å². The van der Waals surface area contributed by atoms with Crippen LogP contribution in [0.2, 0.25) is 0 Å². The molecule has 0 amide bonds. The predicted octanol–water partition coefficient (Wildman–Crippen LogP) is 1.65. The zero-order valence-corrected chi connectivity index (χ0v) is 14.4. The third-order valence-electron chi connectivity index (χ3n) is 3.65. The Labute approximate surface area is 141 Å². The molecule has 0 atom stereocenters. The maximum Gasteiger partial charge on any atom is 0.277 e. The summed E-state index contributed by atoms with van der Waals surface area (Å²) in [5.41, 5.74) is 2.07. The second kappa shape index (κ2) is 7.48. The van der Waals surface area contributed by atoms with E-state index < -0.39 is 10.2 Å². The molecule has 23 heavy (non-hydrogen) atoms. The average molecular weight is 352 g/mol. The molecule has 0 unspecified atom stereocenters. The maximum atomic E-state index is 12.0. The fraction of sp³-hybridized carbons (Fsp3) is 0.400. The van der Waals surface area contributed by atoms with Crippen molar-refractivity contribution in [3.05, 3.63) is 47.0 Å². The van der Waals surface area contributed by atoms with Gasteiger partial charge in [-0.15, -0.1) is 0 Å². The topological polar surface area (TPSA) is 73.8 Å². The van der Waals surface area contributed by atoms with Crippen molar-refractivity contribution in [3.8, 4) is 0 Å². The van der Waals surface area contributed by atoms with E-state index in [-0.39, 0.29) is 6.54 Å². The molecule has 2 aliphatic rings. The van der Waals surface area contributed by atoms with E-state index >= 15 is 0 Å². The Bertz CT molecular complexity index is 701. The number of nitrogens with zero attached hydrogens (tertiary/aromatic N) is 2. The Hall–Kier alpha value is -1.35. The van der Waals surface area contributed by atoms with E-state index in [4.69, 9.17) is 0 Å². The van der Waals surface area contributed by atoms with E-state index in [0.717, 1.165) is 35.9 Å². The van der Waals surface area contributed by atoms with Gasteiger partial charge in [-0.2, -0.15) is 13.1 Å². The van der Waals surface area contributed by atoms with Gasteiger partial charge in [-0.1, -0.05) is 42.1 Å². The first-order chi connectivity index (χ1) is 11.1. The minimum atomic E-state index is -3.48. The summed E-state index contributed by atoms with van der Waals surface area (Å²) in [5, 5.41) is 3.10. The number of nitrogens with one attached hydrogen (secondary N) is 2. The van der Waals surface area contributed by atoms with E-state index in [9.17, 15) is 8.42 Å². The summed E-state index contributed by atoms with van der Waals surface area (Å²) in [6.45, 7) is 2.52. The van der Waals surface area contributed by atoms with Crippen molar-refractivity contribution in [1.82, 2.24) is 14.3 Å². The highest BCUT2D eigenvalue weighted by Crippen LogP contribution is 2.30. The van der Waals surface area contributed by atoms with E-state index in [0.29, 0.717) is 13.0 Å². The molecule has 6 nitrogen and oxygen atoms in total. The number of benzene rings is 1. The van der Waals surface area contributed by atoms with Gasteiger partial charge in [0.15, 0.2) is 5.17 Å². The van der Waals surface area contributed by atoms with E-state index in [2.05, 4.69) is 24.7 Å². The molecule has 0 saturated heterocycles. The summed E-state index contributed by atoms with van der Waals surface area (Å²) < 4.78 is 29.1. The lowest BCUT2D eigenvalue weighted by molar-refractivity contribution is 0.469. The molecule has 2 N–H and O–H groups in total. The third-order valence-corrected chi connectivity index (χ3v) is 5.71. The zero-order chi connectivity index (χ0) is 16.1. The predicted molar refractivity (Wildman–Crippen MR) is 94.1 cm³/mol. The second-order valence-electron chi connectivity index (χ2n) is 5.35. The molecular weight excluding hydrogens is 332 g/mol. The molecule has 2 aliphatic heterocycles. The highest BCUT2D eigenvalue weighted by Gasteiger charge is 2.24. The van der Waals surface area contributed by atoms with Crippen LogP contribution in [0.5, 0.6) is 0 Å². The fourth-order valence-corrected chi connectivity index (χ4v) is 4.29. The van der Waals surface area contributed by atoms with Crippen LogP contribution in [0.15, 0.2) is 46.4 Å². The molecule has 8 heteroatoms. The molecule has 3 rings (SSSR count). The SMILES string of the molecule is O=S(=O)(NCCC1=CSC2=NCCCN12)NCc1ccccc1. The molecule has 0 aliphatic carbocycles. The highest BCUT2D eigenvalue weighted by molar-refractivity contribution is 8.16. The fourth-order valence-electron chi connectivity index (χ4n) is 2.47. The monoisotopic (exact) mass is 352 g/mol. The van der Waals surface area contributed by atoms with Crippen LogP contribution in [0.4, 0.5) is 0 Å². The largest absolute Gasteiger partial charge is 0.324 e. The molecule has 0 bridgehead atoms. The van der Waals surface area contributed by atoms with Crippen molar-refractivity contribution in [2.75, 3.05) is 19.6 Å². The van der Waals surface area contributed by atoms with Crippen molar-refractivity contribution >= 4 is 27.1 Å². The Morgan fingerprint density at radius 1 is 1.22 bits per heavy atom. The van der Waals surface area contributed by atoms with Gasteiger partial charge < -0.3 is 4.90 Å². The van der Waals surface area contributed by atoms with Gasteiger partial charge in [0.1, 0.15) is 0 Å². The van der Waals surface area contributed by atoms with Crippen LogP contribution in [0, 0.1) is 0 Å². The smallest absolute Gasteiger partial charge is 0.277 e. The average Bonchev–Trinajstić information content (AvgIpc) is 2.97. The molecule has 0 saturated carbocycles. The number of rotatable bonds is 7. The normalized spacial score (nSPS) is 17.7. The van der Waals surface area contributed by atoms with Gasteiger partial charge in [-0.25, -0.2) is 4.72 Å². The lowest BCUT2D eigenvalue weighted by Gasteiger charge is -2.25. The molecule has 124 valence electrons. The molecule has 2 heterocycles. The first-order valence-electron chi connectivity index (χ1n) is 7.60.